The first-order valence-electron chi connectivity index (χ1n) is 6.06. The smallest absolute Gasteiger partial charge is 0.238 e. The summed E-state index contributed by atoms with van der Waals surface area (Å²) in [5.41, 5.74) is 0.640. The fourth-order valence-corrected chi connectivity index (χ4v) is 2.94. The van der Waals surface area contributed by atoms with Gasteiger partial charge in [0.1, 0.15) is 11.6 Å². The third-order valence-electron chi connectivity index (χ3n) is 3.05. The fraction of sp³-hybridized carbons (Fsp3) is 0.462. The lowest BCUT2D eigenvalue weighted by atomic mass is 10.1. The molecule has 0 aromatic heterocycles. The molecule has 2 unspecified atom stereocenters. The van der Waals surface area contributed by atoms with Gasteiger partial charge in [-0.25, -0.2) is 4.39 Å². The second-order valence-corrected chi connectivity index (χ2v) is 5.42. The number of carbonyl (C=O) groups excluding carboxylic acids is 1. The molecule has 1 saturated heterocycles. The lowest BCUT2D eigenvalue weighted by molar-refractivity contribution is -0.123. The SMILES string of the molecule is COc1ccc(F)cc1C(C)NC(=O)C1CSCN1. The predicted octanol–water partition coefficient (Wildman–Crippen LogP) is 1.67. The van der Waals surface area contributed by atoms with Gasteiger partial charge >= 0.3 is 0 Å². The van der Waals surface area contributed by atoms with E-state index in [9.17, 15) is 9.18 Å². The van der Waals surface area contributed by atoms with Crippen LogP contribution in [0.15, 0.2) is 18.2 Å². The van der Waals surface area contributed by atoms with Crippen molar-refractivity contribution in [3.05, 3.63) is 29.6 Å². The van der Waals surface area contributed by atoms with Crippen molar-refractivity contribution in [3.8, 4) is 5.75 Å². The maximum absolute atomic E-state index is 13.3. The number of nitrogens with one attached hydrogen (secondary N) is 2. The Labute approximate surface area is 116 Å². The minimum atomic E-state index is -0.341. The zero-order valence-corrected chi connectivity index (χ0v) is 11.7. The standard InChI is InChI=1S/C13H17FN2O2S/c1-8(16-13(17)11-6-19-7-15-11)10-5-9(14)3-4-12(10)18-2/h3-5,8,11,15H,6-7H2,1-2H3,(H,16,17). The van der Waals surface area contributed by atoms with Gasteiger partial charge in [0.05, 0.1) is 19.2 Å². The van der Waals surface area contributed by atoms with Gasteiger partial charge in [0, 0.05) is 17.2 Å². The van der Waals surface area contributed by atoms with Gasteiger partial charge in [-0.3, -0.25) is 10.1 Å². The molecule has 1 aromatic carbocycles. The van der Waals surface area contributed by atoms with Gasteiger partial charge < -0.3 is 10.1 Å². The van der Waals surface area contributed by atoms with Gasteiger partial charge in [-0.1, -0.05) is 0 Å². The highest BCUT2D eigenvalue weighted by molar-refractivity contribution is 7.99. The number of carbonyl (C=O) groups is 1. The molecule has 0 radical (unpaired) electrons. The van der Waals surface area contributed by atoms with Crippen LogP contribution < -0.4 is 15.4 Å². The average Bonchev–Trinajstić information content (AvgIpc) is 2.92. The molecular weight excluding hydrogens is 267 g/mol. The van der Waals surface area contributed by atoms with E-state index in [2.05, 4.69) is 10.6 Å². The zero-order valence-electron chi connectivity index (χ0n) is 10.9. The molecule has 104 valence electrons. The van der Waals surface area contributed by atoms with E-state index in [1.54, 1.807) is 17.8 Å². The minimum absolute atomic E-state index is 0.0659. The summed E-state index contributed by atoms with van der Waals surface area (Å²) in [6.45, 7) is 1.82. The first kappa shape index (κ1) is 14.1. The third kappa shape index (κ3) is 3.39. The zero-order chi connectivity index (χ0) is 13.8. The van der Waals surface area contributed by atoms with Crippen LogP contribution in [0.4, 0.5) is 4.39 Å². The Morgan fingerprint density at radius 2 is 2.42 bits per heavy atom. The molecule has 0 bridgehead atoms. The van der Waals surface area contributed by atoms with E-state index in [0.29, 0.717) is 11.3 Å². The van der Waals surface area contributed by atoms with E-state index in [-0.39, 0.29) is 23.8 Å². The van der Waals surface area contributed by atoms with E-state index < -0.39 is 0 Å². The number of hydrogen-bond acceptors (Lipinski definition) is 4. The number of ether oxygens (including phenoxy) is 1. The van der Waals surface area contributed by atoms with Crippen LogP contribution in [0.3, 0.4) is 0 Å². The lowest BCUT2D eigenvalue weighted by Crippen LogP contribution is -2.43. The van der Waals surface area contributed by atoms with Gasteiger partial charge in [-0.05, 0) is 25.1 Å². The van der Waals surface area contributed by atoms with Crippen molar-refractivity contribution in [2.45, 2.75) is 19.0 Å². The predicted molar refractivity (Wildman–Crippen MR) is 73.8 cm³/mol. The number of amides is 1. The summed E-state index contributed by atoms with van der Waals surface area (Å²) < 4.78 is 18.5. The first-order valence-corrected chi connectivity index (χ1v) is 7.22. The van der Waals surface area contributed by atoms with Crippen LogP contribution in [0.25, 0.3) is 0 Å². The summed E-state index contributed by atoms with van der Waals surface area (Å²) in [7, 11) is 1.53. The second kappa shape index (κ2) is 6.25. The van der Waals surface area contributed by atoms with Crippen molar-refractivity contribution in [1.29, 1.82) is 0 Å². The topological polar surface area (TPSA) is 50.4 Å². The summed E-state index contributed by atoms with van der Waals surface area (Å²) in [6.07, 6.45) is 0. The number of hydrogen-bond donors (Lipinski definition) is 2. The summed E-state index contributed by atoms with van der Waals surface area (Å²) in [6, 6.07) is 3.82. The van der Waals surface area contributed by atoms with Crippen molar-refractivity contribution in [2.75, 3.05) is 18.7 Å². The minimum Gasteiger partial charge on any atom is -0.496 e. The summed E-state index contributed by atoms with van der Waals surface area (Å²) in [5, 5.41) is 5.98. The van der Waals surface area contributed by atoms with Gasteiger partial charge in [0.25, 0.3) is 0 Å². The molecule has 0 aliphatic carbocycles. The molecule has 1 fully saturated rings. The molecule has 1 aliphatic heterocycles. The van der Waals surface area contributed by atoms with E-state index >= 15 is 0 Å². The maximum atomic E-state index is 13.3. The van der Waals surface area contributed by atoms with E-state index in [1.165, 1.54) is 19.2 Å². The van der Waals surface area contributed by atoms with Gasteiger partial charge in [0.2, 0.25) is 5.91 Å². The van der Waals surface area contributed by atoms with Crippen molar-refractivity contribution in [1.82, 2.24) is 10.6 Å². The number of methoxy groups -OCH3 is 1. The maximum Gasteiger partial charge on any atom is 0.238 e. The van der Waals surface area contributed by atoms with Crippen LogP contribution >= 0.6 is 11.8 Å². The van der Waals surface area contributed by atoms with Gasteiger partial charge in [-0.15, -0.1) is 11.8 Å². The summed E-state index contributed by atoms with van der Waals surface area (Å²) in [4.78, 5) is 12.0. The van der Waals surface area contributed by atoms with Crippen LogP contribution in [-0.2, 0) is 4.79 Å². The fourth-order valence-electron chi connectivity index (χ4n) is 2.00. The van der Waals surface area contributed by atoms with Crippen molar-refractivity contribution in [3.63, 3.8) is 0 Å². The van der Waals surface area contributed by atoms with Crippen LogP contribution in [0.5, 0.6) is 5.75 Å². The quantitative estimate of drug-likeness (QED) is 0.883. The molecule has 2 rings (SSSR count). The second-order valence-electron chi connectivity index (χ2n) is 4.39. The Bertz CT molecular complexity index is 464. The molecule has 0 saturated carbocycles. The van der Waals surface area contributed by atoms with Crippen molar-refractivity contribution < 1.29 is 13.9 Å². The van der Waals surface area contributed by atoms with Crippen molar-refractivity contribution >= 4 is 17.7 Å². The Kier molecular flexibility index (Phi) is 4.66. The van der Waals surface area contributed by atoms with Crippen LogP contribution in [0.1, 0.15) is 18.5 Å². The Hall–Kier alpha value is -1.27. The molecule has 1 aliphatic rings. The van der Waals surface area contributed by atoms with E-state index in [0.717, 1.165) is 11.6 Å². The normalized spacial score (nSPS) is 20.1. The molecular formula is C13H17FN2O2S. The van der Waals surface area contributed by atoms with Crippen LogP contribution in [0.2, 0.25) is 0 Å². The Morgan fingerprint density at radius 1 is 1.63 bits per heavy atom. The molecule has 1 aromatic rings. The summed E-state index contributed by atoms with van der Waals surface area (Å²) in [5.74, 6) is 1.72. The highest BCUT2D eigenvalue weighted by Crippen LogP contribution is 2.26. The third-order valence-corrected chi connectivity index (χ3v) is 3.99. The van der Waals surface area contributed by atoms with E-state index in [4.69, 9.17) is 4.74 Å². The van der Waals surface area contributed by atoms with Crippen LogP contribution in [0, 0.1) is 5.82 Å². The summed E-state index contributed by atoms with van der Waals surface area (Å²) >= 11 is 1.69. The lowest BCUT2D eigenvalue weighted by Gasteiger charge is -2.19. The van der Waals surface area contributed by atoms with Crippen molar-refractivity contribution in [2.24, 2.45) is 0 Å². The largest absolute Gasteiger partial charge is 0.496 e. The Balaban J connectivity index is 2.08. The highest BCUT2D eigenvalue weighted by Gasteiger charge is 2.24. The number of thioether (sulfide) groups is 1. The molecule has 1 heterocycles. The van der Waals surface area contributed by atoms with Gasteiger partial charge in [0.15, 0.2) is 0 Å². The molecule has 0 spiro atoms. The average molecular weight is 284 g/mol. The van der Waals surface area contributed by atoms with E-state index in [1.807, 2.05) is 6.92 Å². The van der Waals surface area contributed by atoms with Gasteiger partial charge in [-0.2, -0.15) is 0 Å². The molecule has 2 N–H and O–H groups in total. The number of benzene rings is 1. The number of rotatable bonds is 4. The first-order chi connectivity index (χ1) is 9.11. The highest BCUT2D eigenvalue weighted by atomic mass is 32.2. The van der Waals surface area contributed by atoms with Crippen LogP contribution in [-0.4, -0.2) is 30.7 Å². The molecule has 1 amide bonds. The molecule has 6 heteroatoms. The molecule has 4 nitrogen and oxygen atoms in total. The molecule has 19 heavy (non-hydrogen) atoms. The number of halogens is 1. The molecule has 2 atom stereocenters. The Morgan fingerprint density at radius 3 is 3.05 bits per heavy atom. The monoisotopic (exact) mass is 284 g/mol.